The maximum absolute atomic E-state index is 6.78. The van der Waals surface area contributed by atoms with Crippen molar-refractivity contribution >= 4 is 92.1 Å². The number of rotatable bonds is 5. The summed E-state index contributed by atoms with van der Waals surface area (Å²) in [7, 11) is 0. The van der Waals surface area contributed by atoms with Crippen LogP contribution in [0.15, 0.2) is 192 Å². The van der Waals surface area contributed by atoms with Gasteiger partial charge in [-0.1, -0.05) is 127 Å². The Kier molecular flexibility index (Phi) is 6.76. The fourth-order valence-corrected chi connectivity index (χ4v) is 9.12. The van der Waals surface area contributed by atoms with Crippen LogP contribution in [0.2, 0.25) is 0 Å². The highest BCUT2D eigenvalue weighted by molar-refractivity contribution is 7.25. The van der Waals surface area contributed by atoms with E-state index in [0.717, 1.165) is 39.0 Å². The van der Waals surface area contributed by atoms with E-state index < -0.39 is 0 Å². The first kappa shape index (κ1) is 30.0. The smallest absolute Gasteiger partial charge is 0.159 e. The predicted octanol–water partition coefficient (Wildman–Crippen LogP) is 15.1. The molecule has 0 radical (unpaired) electrons. The summed E-state index contributed by atoms with van der Waals surface area (Å²) in [5, 5.41) is 9.75. The maximum Gasteiger partial charge on any atom is 0.159 e. The second-order valence-electron chi connectivity index (χ2n) is 13.7. The van der Waals surface area contributed by atoms with Gasteiger partial charge in [0, 0.05) is 42.3 Å². The Hall–Kier alpha value is -6.68. The van der Waals surface area contributed by atoms with Crippen molar-refractivity contribution in [1.82, 2.24) is 0 Å². The lowest BCUT2D eigenvalue weighted by atomic mass is 10.00. The molecule has 0 aliphatic heterocycles. The first-order valence-corrected chi connectivity index (χ1v) is 18.8. The van der Waals surface area contributed by atoms with Crippen LogP contribution < -0.4 is 4.90 Å². The fraction of sp³-hybridized carbons (Fsp3) is 0. The van der Waals surface area contributed by atoms with Crippen molar-refractivity contribution < 1.29 is 4.42 Å². The molecule has 9 aromatic carbocycles. The van der Waals surface area contributed by atoms with Crippen LogP contribution >= 0.6 is 11.3 Å². The summed E-state index contributed by atoms with van der Waals surface area (Å²) in [5.74, 6) is 0. The van der Waals surface area contributed by atoms with E-state index in [0.29, 0.717) is 0 Å². The minimum atomic E-state index is 0.865. The van der Waals surface area contributed by atoms with Gasteiger partial charge >= 0.3 is 0 Å². The Bertz CT molecular complexity index is 3170. The number of benzene rings is 9. The van der Waals surface area contributed by atoms with Gasteiger partial charge in [0.25, 0.3) is 0 Å². The molecule has 11 aromatic rings. The minimum absolute atomic E-state index is 0.865. The van der Waals surface area contributed by atoms with Crippen LogP contribution in [0.1, 0.15) is 0 Å². The molecule has 248 valence electrons. The monoisotopic (exact) mass is 693 g/mol. The topological polar surface area (TPSA) is 16.4 Å². The number of fused-ring (bicyclic) bond motifs is 9. The molecular weight excluding hydrogens is 663 g/mol. The van der Waals surface area contributed by atoms with Gasteiger partial charge < -0.3 is 9.32 Å². The second kappa shape index (κ2) is 11.9. The number of nitrogens with zero attached hydrogens (tertiary/aromatic N) is 1. The van der Waals surface area contributed by atoms with Crippen LogP contribution in [0.25, 0.3) is 85.9 Å². The number of para-hydroxylation sites is 1. The van der Waals surface area contributed by atoms with Gasteiger partial charge in [0.15, 0.2) is 5.58 Å². The van der Waals surface area contributed by atoms with E-state index in [4.69, 9.17) is 4.42 Å². The van der Waals surface area contributed by atoms with E-state index in [9.17, 15) is 0 Å². The van der Waals surface area contributed by atoms with E-state index in [1.807, 2.05) is 11.3 Å². The van der Waals surface area contributed by atoms with Gasteiger partial charge in [0.2, 0.25) is 0 Å². The standard InChI is InChI=1S/C50H31NOS/c1-2-9-32(10-3-1)36-22-27-47-44(29-36)42-14-8-15-46(50(42)52-47)51(39-26-21-35-18-17-34-11-4-5-12-40(34)43(35)31-39)38-24-19-33(20-25-38)37-23-28-49-45(30-37)41-13-6-7-16-48(41)53-49/h1-31H. The zero-order valence-corrected chi connectivity index (χ0v) is 29.5. The highest BCUT2D eigenvalue weighted by Crippen LogP contribution is 2.44. The summed E-state index contributed by atoms with van der Waals surface area (Å²) >= 11 is 1.85. The van der Waals surface area contributed by atoms with Gasteiger partial charge in [0.05, 0.1) is 5.69 Å². The van der Waals surface area contributed by atoms with Crippen molar-refractivity contribution in [2.24, 2.45) is 0 Å². The van der Waals surface area contributed by atoms with Crippen molar-refractivity contribution in [3.05, 3.63) is 188 Å². The van der Waals surface area contributed by atoms with E-state index >= 15 is 0 Å². The van der Waals surface area contributed by atoms with Crippen LogP contribution in [0.3, 0.4) is 0 Å². The Morgan fingerprint density at radius 2 is 0.981 bits per heavy atom. The lowest BCUT2D eigenvalue weighted by molar-refractivity contribution is 0.669. The van der Waals surface area contributed by atoms with Crippen molar-refractivity contribution in [3.63, 3.8) is 0 Å². The van der Waals surface area contributed by atoms with Crippen LogP contribution in [0.5, 0.6) is 0 Å². The number of hydrogen-bond acceptors (Lipinski definition) is 3. The highest BCUT2D eigenvalue weighted by Gasteiger charge is 2.20. The molecule has 0 amide bonds. The van der Waals surface area contributed by atoms with Crippen LogP contribution in [0.4, 0.5) is 17.1 Å². The van der Waals surface area contributed by atoms with Crippen LogP contribution in [-0.4, -0.2) is 0 Å². The largest absolute Gasteiger partial charge is 0.454 e. The average Bonchev–Trinajstić information content (AvgIpc) is 3.80. The van der Waals surface area contributed by atoms with Gasteiger partial charge in [0.1, 0.15) is 5.58 Å². The molecular formula is C50H31NOS. The number of thiophene rings is 1. The van der Waals surface area contributed by atoms with E-state index in [1.165, 1.54) is 64.0 Å². The molecule has 0 bridgehead atoms. The summed E-state index contributed by atoms with van der Waals surface area (Å²) in [5.41, 5.74) is 9.64. The summed E-state index contributed by atoms with van der Waals surface area (Å²) in [6.45, 7) is 0. The summed E-state index contributed by atoms with van der Waals surface area (Å²) in [4.78, 5) is 2.35. The predicted molar refractivity (Wildman–Crippen MR) is 227 cm³/mol. The molecule has 0 N–H and O–H groups in total. The average molecular weight is 694 g/mol. The summed E-state index contributed by atoms with van der Waals surface area (Å²) in [6.07, 6.45) is 0. The molecule has 0 unspecified atom stereocenters. The van der Waals surface area contributed by atoms with Crippen molar-refractivity contribution in [3.8, 4) is 22.3 Å². The quantitative estimate of drug-likeness (QED) is 0.167. The molecule has 0 saturated carbocycles. The summed E-state index contributed by atoms with van der Waals surface area (Å²) in [6, 6.07) is 68.0. The zero-order valence-electron chi connectivity index (χ0n) is 28.7. The normalized spacial score (nSPS) is 11.8. The van der Waals surface area contributed by atoms with Crippen LogP contribution in [0, 0.1) is 0 Å². The van der Waals surface area contributed by atoms with Crippen molar-refractivity contribution in [2.45, 2.75) is 0 Å². The Morgan fingerprint density at radius 1 is 0.358 bits per heavy atom. The van der Waals surface area contributed by atoms with Crippen molar-refractivity contribution in [1.29, 1.82) is 0 Å². The Morgan fingerprint density at radius 3 is 1.85 bits per heavy atom. The Labute approximate surface area is 310 Å². The van der Waals surface area contributed by atoms with E-state index in [-0.39, 0.29) is 0 Å². The van der Waals surface area contributed by atoms with Gasteiger partial charge in [-0.3, -0.25) is 0 Å². The fourth-order valence-electron chi connectivity index (χ4n) is 8.03. The molecule has 2 heterocycles. The third kappa shape index (κ3) is 4.93. The lowest BCUT2D eigenvalue weighted by Gasteiger charge is -2.26. The third-order valence-electron chi connectivity index (χ3n) is 10.6. The molecule has 11 rings (SSSR count). The van der Waals surface area contributed by atoms with E-state index in [1.54, 1.807) is 0 Å². The van der Waals surface area contributed by atoms with Gasteiger partial charge in [-0.2, -0.15) is 0 Å². The van der Waals surface area contributed by atoms with E-state index in [2.05, 4.69) is 193 Å². The first-order chi connectivity index (χ1) is 26.2. The molecule has 0 fully saturated rings. The first-order valence-electron chi connectivity index (χ1n) is 18.0. The van der Waals surface area contributed by atoms with Gasteiger partial charge in [-0.25, -0.2) is 0 Å². The Balaban J connectivity index is 1.09. The molecule has 3 heteroatoms. The van der Waals surface area contributed by atoms with Gasteiger partial charge in [-0.05, 0) is 104 Å². The molecule has 0 atom stereocenters. The molecule has 0 spiro atoms. The molecule has 0 aliphatic rings. The molecule has 0 saturated heterocycles. The number of hydrogen-bond donors (Lipinski definition) is 0. The van der Waals surface area contributed by atoms with Crippen molar-refractivity contribution in [2.75, 3.05) is 4.90 Å². The zero-order chi connectivity index (χ0) is 34.9. The van der Waals surface area contributed by atoms with Crippen LogP contribution in [-0.2, 0) is 0 Å². The molecule has 2 aromatic heterocycles. The maximum atomic E-state index is 6.78. The second-order valence-corrected chi connectivity index (χ2v) is 14.8. The molecule has 2 nitrogen and oxygen atoms in total. The third-order valence-corrected chi connectivity index (χ3v) is 11.8. The van der Waals surface area contributed by atoms with Gasteiger partial charge in [-0.15, -0.1) is 11.3 Å². The SMILES string of the molecule is c1ccc(-c2ccc3oc4c(N(c5ccc(-c6ccc7sc8ccccc8c7c6)cc5)c5ccc6ccc7ccccc7c6c5)cccc4c3c2)cc1. The molecule has 0 aliphatic carbocycles. The molecule has 53 heavy (non-hydrogen) atoms. The number of anilines is 3. The number of furan rings is 1. The summed E-state index contributed by atoms with van der Waals surface area (Å²) < 4.78 is 9.42. The lowest BCUT2D eigenvalue weighted by Crippen LogP contribution is -2.10. The minimum Gasteiger partial charge on any atom is -0.454 e. The highest BCUT2D eigenvalue weighted by atomic mass is 32.1.